The van der Waals surface area contributed by atoms with E-state index in [1.807, 2.05) is 17.9 Å². The topological polar surface area (TPSA) is 62.5 Å². The number of hydrogen-bond acceptors (Lipinski definition) is 4. The maximum absolute atomic E-state index is 13.2. The summed E-state index contributed by atoms with van der Waals surface area (Å²) in [6, 6.07) is 7.71. The van der Waals surface area contributed by atoms with Crippen molar-refractivity contribution < 1.29 is 4.79 Å². The summed E-state index contributed by atoms with van der Waals surface area (Å²) in [6.07, 6.45) is 8.53. The second-order valence-corrected chi connectivity index (χ2v) is 9.44. The van der Waals surface area contributed by atoms with Gasteiger partial charge in [0.05, 0.1) is 24.0 Å². The molecule has 4 aliphatic rings. The lowest BCUT2D eigenvalue weighted by molar-refractivity contribution is -0.132. The first-order valence-corrected chi connectivity index (χ1v) is 11.4. The molecule has 6 heteroatoms. The number of hydrogen-bond donors (Lipinski definition) is 1. The van der Waals surface area contributed by atoms with Crippen molar-refractivity contribution in [3.63, 3.8) is 0 Å². The van der Waals surface area contributed by atoms with Gasteiger partial charge in [0.15, 0.2) is 0 Å². The van der Waals surface area contributed by atoms with E-state index in [0.29, 0.717) is 36.9 Å². The van der Waals surface area contributed by atoms with Crippen LogP contribution in [-0.4, -0.2) is 58.0 Å². The van der Waals surface area contributed by atoms with Crippen molar-refractivity contribution in [1.82, 2.24) is 20.0 Å². The van der Waals surface area contributed by atoms with Crippen LogP contribution < -0.4 is 5.32 Å². The molecule has 1 aromatic carbocycles. The average molecular weight is 404 g/mol. The summed E-state index contributed by atoms with van der Waals surface area (Å²) in [5.41, 5.74) is 6.04. The summed E-state index contributed by atoms with van der Waals surface area (Å²) in [4.78, 5) is 20.1. The minimum Gasteiger partial charge on any atom is -0.338 e. The van der Waals surface area contributed by atoms with Gasteiger partial charge < -0.3 is 10.2 Å². The molecule has 0 saturated carbocycles. The third kappa shape index (κ3) is 3.00. The molecule has 2 saturated heterocycles. The summed E-state index contributed by atoms with van der Waals surface area (Å²) in [5.74, 6) is 0.837. The van der Waals surface area contributed by atoms with Gasteiger partial charge in [0.2, 0.25) is 5.91 Å². The van der Waals surface area contributed by atoms with Crippen LogP contribution in [-0.2, 0) is 11.8 Å². The number of aryl methyl sites for hydroxylation is 1. The second-order valence-electron chi connectivity index (χ2n) is 9.44. The first-order chi connectivity index (χ1) is 14.7. The molecule has 6 rings (SSSR count). The van der Waals surface area contributed by atoms with Crippen LogP contribution in [0.3, 0.4) is 0 Å². The number of amides is 1. The standard InChI is InChI=1S/C24H29N5O/c1-28-22-7-3-16(10-18(22)13-26-28)24-20-14-29(9-8-17(20)12-25-24)23(30)11-15-2-4-19-5-6-21(15)27-19/h3,7,10,13,15,19,21,27H,2,4-6,8-9,11-12,14H2,1H3/t15?,19-,21-/m0/s1. The Morgan fingerprint density at radius 2 is 2.13 bits per heavy atom. The highest BCUT2D eigenvalue weighted by atomic mass is 16.2. The monoisotopic (exact) mass is 403 g/mol. The Morgan fingerprint density at radius 1 is 1.23 bits per heavy atom. The molecule has 6 nitrogen and oxygen atoms in total. The number of aliphatic imine (C=N–C) groups is 1. The van der Waals surface area contributed by atoms with Crippen molar-refractivity contribution in [2.45, 2.75) is 50.6 Å². The van der Waals surface area contributed by atoms with Gasteiger partial charge >= 0.3 is 0 Å². The van der Waals surface area contributed by atoms with E-state index in [2.05, 4.69) is 33.5 Å². The molecule has 156 valence electrons. The molecule has 1 amide bonds. The van der Waals surface area contributed by atoms with E-state index in [-0.39, 0.29) is 0 Å². The maximum Gasteiger partial charge on any atom is 0.223 e. The Balaban J connectivity index is 1.19. The molecule has 0 spiro atoms. The number of aromatic nitrogens is 2. The van der Waals surface area contributed by atoms with Crippen LogP contribution in [0.2, 0.25) is 0 Å². The lowest BCUT2D eigenvalue weighted by atomic mass is 9.88. The number of carbonyl (C=O) groups excluding carboxylic acids is 1. The molecule has 0 radical (unpaired) electrons. The molecule has 4 aliphatic heterocycles. The van der Waals surface area contributed by atoms with Gasteiger partial charge in [0.25, 0.3) is 0 Å². The molecule has 5 heterocycles. The minimum absolute atomic E-state index is 0.327. The fourth-order valence-electron chi connectivity index (χ4n) is 5.94. The largest absolute Gasteiger partial charge is 0.338 e. The van der Waals surface area contributed by atoms with E-state index >= 15 is 0 Å². The van der Waals surface area contributed by atoms with Gasteiger partial charge in [-0.1, -0.05) is 6.07 Å². The Morgan fingerprint density at radius 3 is 3.07 bits per heavy atom. The molecule has 1 N–H and O–H groups in total. The summed E-state index contributed by atoms with van der Waals surface area (Å²) in [6.45, 7) is 2.34. The van der Waals surface area contributed by atoms with Crippen LogP contribution in [0, 0.1) is 5.92 Å². The summed E-state index contributed by atoms with van der Waals surface area (Å²) in [7, 11) is 1.97. The number of rotatable bonds is 3. The van der Waals surface area contributed by atoms with E-state index in [9.17, 15) is 4.79 Å². The van der Waals surface area contributed by atoms with Crippen molar-refractivity contribution in [1.29, 1.82) is 0 Å². The van der Waals surface area contributed by atoms with Gasteiger partial charge in [-0.05, 0) is 61.3 Å². The van der Waals surface area contributed by atoms with Crippen LogP contribution in [0.25, 0.3) is 10.9 Å². The number of benzene rings is 1. The average Bonchev–Trinajstić information content (AvgIpc) is 3.47. The molecule has 30 heavy (non-hydrogen) atoms. The van der Waals surface area contributed by atoms with Crippen molar-refractivity contribution >= 4 is 22.5 Å². The van der Waals surface area contributed by atoms with E-state index in [4.69, 9.17) is 4.99 Å². The fourth-order valence-corrected chi connectivity index (χ4v) is 5.94. The minimum atomic E-state index is 0.327. The van der Waals surface area contributed by atoms with Gasteiger partial charge in [-0.25, -0.2) is 0 Å². The predicted octanol–water partition coefficient (Wildman–Crippen LogP) is 2.83. The van der Waals surface area contributed by atoms with E-state index < -0.39 is 0 Å². The van der Waals surface area contributed by atoms with Crippen LogP contribution >= 0.6 is 0 Å². The zero-order valence-corrected chi connectivity index (χ0v) is 17.6. The lowest BCUT2D eigenvalue weighted by Gasteiger charge is -2.33. The SMILES string of the molecule is Cn1ncc2cc(C3=NCC4=C3CN(C(=O)CC3CC[C@H]5CC[C@@H]3N5)CC4)ccc21. The van der Waals surface area contributed by atoms with Gasteiger partial charge in [-0.3, -0.25) is 14.5 Å². The van der Waals surface area contributed by atoms with Crippen molar-refractivity contribution in [2.75, 3.05) is 19.6 Å². The van der Waals surface area contributed by atoms with E-state index in [1.165, 1.54) is 36.8 Å². The highest BCUT2D eigenvalue weighted by Crippen LogP contribution is 2.34. The predicted molar refractivity (Wildman–Crippen MR) is 118 cm³/mol. The molecular formula is C24H29N5O. The Labute approximate surface area is 177 Å². The lowest BCUT2D eigenvalue weighted by Crippen LogP contribution is -2.44. The third-order valence-corrected chi connectivity index (χ3v) is 7.71. The fraction of sp³-hybridized carbons (Fsp3) is 0.542. The van der Waals surface area contributed by atoms with Gasteiger partial charge in [0, 0.05) is 49.6 Å². The molecule has 2 fully saturated rings. The van der Waals surface area contributed by atoms with Gasteiger partial charge in [-0.15, -0.1) is 0 Å². The van der Waals surface area contributed by atoms with E-state index in [1.54, 1.807) is 0 Å². The first-order valence-electron chi connectivity index (χ1n) is 11.4. The quantitative estimate of drug-likeness (QED) is 0.857. The molecule has 2 aromatic rings. The Bertz CT molecular complexity index is 1080. The number of nitrogens with one attached hydrogen (secondary N) is 1. The molecular weight excluding hydrogens is 374 g/mol. The van der Waals surface area contributed by atoms with Gasteiger partial charge in [-0.2, -0.15) is 5.10 Å². The maximum atomic E-state index is 13.2. The molecule has 2 bridgehead atoms. The highest BCUT2D eigenvalue weighted by Gasteiger charge is 2.37. The second kappa shape index (κ2) is 7.05. The number of nitrogens with zero attached hydrogens (tertiary/aromatic N) is 4. The summed E-state index contributed by atoms with van der Waals surface area (Å²) in [5, 5.41) is 9.22. The van der Waals surface area contributed by atoms with Crippen molar-refractivity contribution in [2.24, 2.45) is 18.0 Å². The molecule has 0 aliphatic carbocycles. The number of fused-ring (bicyclic) bond motifs is 3. The highest BCUT2D eigenvalue weighted by molar-refractivity contribution is 6.16. The summed E-state index contributed by atoms with van der Waals surface area (Å²) < 4.78 is 1.90. The third-order valence-electron chi connectivity index (χ3n) is 7.71. The van der Waals surface area contributed by atoms with Crippen LogP contribution in [0.15, 0.2) is 40.5 Å². The van der Waals surface area contributed by atoms with Gasteiger partial charge in [0.1, 0.15) is 0 Å². The number of piperidine rings is 1. The molecule has 1 aromatic heterocycles. The zero-order valence-electron chi connectivity index (χ0n) is 17.6. The molecule has 1 unspecified atom stereocenters. The van der Waals surface area contributed by atoms with Crippen molar-refractivity contribution in [3.05, 3.63) is 41.1 Å². The molecule has 3 atom stereocenters. The smallest absolute Gasteiger partial charge is 0.223 e. The Hall–Kier alpha value is -2.47. The van der Waals surface area contributed by atoms with Crippen LogP contribution in [0.4, 0.5) is 0 Å². The van der Waals surface area contributed by atoms with Crippen LogP contribution in [0.5, 0.6) is 0 Å². The number of carbonyl (C=O) groups is 1. The van der Waals surface area contributed by atoms with Crippen LogP contribution in [0.1, 0.15) is 44.1 Å². The van der Waals surface area contributed by atoms with E-state index in [0.717, 1.165) is 41.7 Å². The van der Waals surface area contributed by atoms with Crippen molar-refractivity contribution in [3.8, 4) is 0 Å². The zero-order chi connectivity index (χ0) is 20.2. The Kier molecular flexibility index (Phi) is 4.30. The first kappa shape index (κ1) is 18.3. The summed E-state index contributed by atoms with van der Waals surface area (Å²) >= 11 is 0. The normalized spacial score (nSPS) is 28.2.